The van der Waals surface area contributed by atoms with Gasteiger partial charge >= 0.3 is 0 Å². The minimum absolute atomic E-state index is 0.00658. The summed E-state index contributed by atoms with van der Waals surface area (Å²) in [7, 11) is 4.70. The van der Waals surface area contributed by atoms with Crippen molar-refractivity contribution in [3.63, 3.8) is 0 Å². The van der Waals surface area contributed by atoms with Gasteiger partial charge in [-0.3, -0.25) is 5.10 Å². The van der Waals surface area contributed by atoms with Crippen LogP contribution in [0.3, 0.4) is 0 Å². The molecule has 1 aliphatic rings. The Hall–Kier alpha value is -4.32. The van der Waals surface area contributed by atoms with Gasteiger partial charge in [0, 0.05) is 5.56 Å². The maximum Gasteiger partial charge on any atom is 0.244 e. The molecule has 4 rings (SSSR count). The van der Waals surface area contributed by atoms with Crippen molar-refractivity contribution < 1.29 is 23.7 Å². The van der Waals surface area contributed by atoms with Crippen LogP contribution in [-0.2, 0) is 0 Å². The maximum atomic E-state index is 9.93. The van der Waals surface area contributed by atoms with Crippen LogP contribution in [0.2, 0.25) is 0 Å². The van der Waals surface area contributed by atoms with E-state index in [9.17, 15) is 5.26 Å². The Bertz CT molecular complexity index is 1260. The average Bonchev–Trinajstić information content (AvgIpc) is 3.26. The summed E-state index contributed by atoms with van der Waals surface area (Å²) in [4.78, 5) is 0. The summed E-state index contributed by atoms with van der Waals surface area (Å²) in [6.45, 7) is 2.42. The highest BCUT2D eigenvalue weighted by molar-refractivity contribution is 5.73. The Morgan fingerprint density at radius 1 is 1.03 bits per heavy atom. The van der Waals surface area contributed by atoms with E-state index in [-0.39, 0.29) is 11.5 Å². The first-order chi connectivity index (χ1) is 16.1. The Balaban J connectivity index is 1.90. The molecular formula is C24H24N4O5. The fourth-order valence-electron chi connectivity index (χ4n) is 3.93. The third-order valence-corrected chi connectivity index (χ3v) is 5.43. The maximum absolute atomic E-state index is 9.93. The van der Waals surface area contributed by atoms with Gasteiger partial charge in [-0.1, -0.05) is 6.07 Å². The van der Waals surface area contributed by atoms with E-state index in [1.54, 1.807) is 27.4 Å². The minimum Gasteiger partial charge on any atom is -0.493 e. The van der Waals surface area contributed by atoms with Gasteiger partial charge in [0.2, 0.25) is 11.8 Å². The van der Waals surface area contributed by atoms with Gasteiger partial charge in [-0.2, -0.15) is 5.26 Å². The van der Waals surface area contributed by atoms with Gasteiger partial charge in [0.05, 0.1) is 45.1 Å². The van der Waals surface area contributed by atoms with Crippen molar-refractivity contribution in [3.8, 4) is 46.2 Å². The number of nitrogens with one attached hydrogen (secondary N) is 1. The number of nitriles is 1. The van der Waals surface area contributed by atoms with E-state index in [2.05, 4.69) is 16.3 Å². The third-order valence-electron chi connectivity index (χ3n) is 5.43. The molecule has 9 nitrogen and oxygen atoms in total. The summed E-state index contributed by atoms with van der Waals surface area (Å²) in [5, 5.41) is 17.3. The van der Waals surface area contributed by atoms with Gasteiger partial charge in [0.1, 0.15) is 11.6 Å². The van der Waals surface area contributed by atoms with Crippen LogP contribution in [0.1, 0.15) is 24.0 Å². The smallest absolute Gasteiger partial charge is 0.244 e. The molecule has 1 aliphatic heterocycles. The summed E-state index contributed by atoms with van der Waals surface area (Å²) < 4.78 is 27.7. The van der Waals surface area contributed by atoms with Crippen molar-refractivity contribution in [2.75, 3.05) is 27.9 Å². The molecule has 2 heterocycles. The number of H-pyrrole nitrogens is 1. The second-order valence-corrected chi connectivity index (χ2v) is 7.16. The van der Waals surface area contributed by atoms with Gasteiger partial charge in [-0.25, -0.2) is 0 Å². The molecular weight excluding hydrogens is 424 g/mol. The van der Waals surface area contributed by atoms with Crippen molar-refractivity contribution in [2.24, 2.45) is 5.73 Å². The summed E-state index contributed by atoms with van der Waals surface area (Å²) in [5.74, 6) is 2.09. The Morgan fingerprint density at radius 2 is 1.73 bits per heavy atom. The topological polar surface area (TPSA) is 125 Å². The SMILES string of the molecule is CCOc1ccc(-c2[nH]nc3c2[C@H](c2ccc(OC)c(OC)c2)C(C#N)=C(N)O3)cc1OC. The van der Waals surface area contributed by atoms with E-state index in [0.29, 0.717) is 46.7 Å². The van der Waals surface area contributed by atoms with Gasteiger partial charge in [0.25, 0.3) is 0 Å². The van der Waals surface area contributed by atoms with Crippen molar-refractivity contribution in [2.45, 2.75) is 12.8 Å². The number of hydrogen-bond donors (Lipinski definition) is 2. The van der Waals surface area contributed by atoms with Crippen LogP contribution in [0.5, 0.6) is 28.9 Å². The molecule has 1 atom stereocenters. The molecule has 1 aromatic heterocycles. The molecule has 0 aliphatic carbocycles. The largest absolute Gasteiger partial charge is 0.493 e. The molecule has 0 bridgehead atoms. The second kappa shape index (κ2) is 9.04. The summed E-state index contributed by atoms with van der Waals surface area (Å²) in [6.07, 6.45) is 0. The number of benzene rings is 2. The van der Waals surface area contributed by atoms with E-state index in [0.717, 1.165) is 11.1 Å². The molecule has 0 radical (unpaired) electrons. The number of aromatic amines is 1. The number of aromatic nitrogens is 2. The van der Waals surface area contributed by atoms with E-state index >= 15 is 0 Å². The van der Waals surface area contributed by atoms with E-state index in [4.69, 9.17) is 29.4 Å². The summed E-state index contributed by atoms with van der Waals surface area (Å²) >= 11 is 0. The highest BCUT2D eigenvalue weighted by atomic mass is 16.5. The van der Waals surface area contributed by atoms with Crippen molar-refractivity contribution in [1.82, 2.24) is 10.2 Å². The van der Waals surface area contributed by atoms with Crippen LogP contribution >= 0.6 is 0 Å². The van der Waals surface area contributed by atoms with Gasteiger partial charge in [0.15, 0.2) is 23.0 Å². The molecule has 170 valence electrons. The number of ether oxygens (including phenoxy) is 5. The lowest BCUT2D eigenvalue weighted by Gasteiger charge is -2.25. The van der Waals surface area contributed by atoms with Crippen LogP contribution in [0.15, 0.2) is 47.9 Å². The first-order valence-electron chi connectivity index (χ1n) is 10.2. The lowest BCUT2D eigenvalue weighted by molar-refractivity contribution is 0.311. The molecule has 0 unspecified atom stereocenters. The predicted molar refractivity (Wildman–Crippen MR) is 121 cm³/mol. The molecule has 0 amide bonds. The quantitative estimate of drug-likeness (QED) is 0.560. The molecule has 0 saturated heterocycles. The highest BCUT2D eigenvalue weighted by Crippen LogP contribution is 2.47. The molecule has 0 fully saturated rings. The average molecular weight is 448 g/mol. The highest BCUT2D eigenvalue weighted by Gasteiger charge is 2.36. The van der Waals surface area contributed by atoms with Crippen LogP contribution in [0.25, 0.3) is 11.3 Å². The summed E-state index contributed by atoms with van der Waals surface area (Å²) in [5.41, 5.74) is 9.28. The number of hydrogen-bond acceptors (Lipinski definition) is 8. The minimum atomic E-state index is -0.537. The fourth-order valence-corrected chi connectivity index (χ4v) is 3.93. The van der Waals surface area contributed by atoms with Crippen LogP contribution in [0, 0.1) is 11.3 Å². The van der Waals surface area contributed by atoms with Crippen LogP contribution in [-0.4, -0.2) is 38.1 Å². The lowest BCUT2D eigenvalue weighted by atomic mass is 9.83. The van der Waals surface area contributed by atoms with Gasteiger partial charge < -0.3 is 29.4 Å². The third kappa shape index (κ3) is 3.76. The van der Waals surface area contributed by atoms with E-state index in [1.165, 1.54) is 0 Å². The first kappa shape index (κ1) is 21.9. The van der Waals surface area contributed by atoms with Crippen molar-refractivity contribution in [1.29, 1.82) is 5.26 Å². The van der Waals surface area contributed by atoms with Crippen molar-refractivity contribution >= 4 is 0 Å². The molecule has 3 aromatic rings. The number of allylic oxidation sites excluding steroid dienone is 1. The van der Waals surface area contributed by atoms with Gasteiger partial charge in [-0.15, -0.1) is 5.10 Å². The molecule has 0 saturated carbocycles. The Labute approximate surface area is 191 Å². The summed E-state index contributed by atoms with van der Waals surface area (Å²) in [6, 6.07) is 13.2. The molecule has 3 N–H and O–H groups in total. The number of nitrogens with zero attached hydrogens (tertiary/aromatic N) is 2. The fraction of sp³-hybridized carbons (Fsp3) is 0.250. The van der Waals surface area contributed by atoms with E-state index < -0.39 is 5.92 Å². The van der Waals surface area contributed by atoms with Crippen LogP contribution < -0.4 is 29.4 Å². The molecule has 0 spiro atoms. The van der Waals surface area contributed by atoms with Crippen molar-refractivity contribution in [3.05, 3.63) is 59.0 Å². The predicted octanol–water partition coefficient (Wildman–Crippen LogP) is 3.72. The zero-order valence-corrected chi connectivity index (χ0v) is 18.8. The van der Waals surface area contributed by atoms with E-state index in [1.807, 2.05) is 37.3 Å². The standard InChI is InChI=1S/C24H24N4O5/c1-5-32-17-9-7-14(11-19(17)31-4)22-21-20(13-6-8-16(29-2)18(10-13)30-3)15(12-25)23(26)33-24(21)28-27-22/h6-11,20H,5,26H2,1-4H3,(H,27,28)/t20-/m1/s1. The zero-order chi connectivity index (χ0) is 23.5. The molecule has 9 heteroatoms. The zero-order valence-electron chi connectivity index (χ0n) is 18.8. The number of methoxy groups -OCH3 is 3. The second-order valence-electron chi connectivity index (χ2n) is 7.16. The van der Waals surface area contributed by atoms with Gasteiger partial charge in [-0.05, 0) is 42.8 Å². The molecule has 2 aromatic carbocycles. The normalized spacial score (nSPS) is 14.7. The Kier molecular flexibility index (Phi) is 6.00. The Morgan fingerprint density at radius 3 is 2.39 bits per heavy atom. The number of nitrogens with two attached hydrogens (primary N) is 1. The first-order valence-corrected chi connectivity index (χ1v) is 10.2. The monoisotopic (exact) mass is 448 g/mol. The lowest BCUT2D eigenvalue weighted by Crippen LogP contribution is -2.21. The molecule has 33 heavy (non-hydrogen) atoms. The number of rotatable bonds is 7. The number of fused-ring (bicyclic) bond motifs is 1. The van der Waals surface area contributed by atoms with Crippen LogP contribution in [0.4, 0.5) is 0 Å².